The van der Waals surface area contributed by atoms with Crippen LogP contribution in [0.15, 0.2) is 52.3 Å². The van der Waals surface area contributed by atoms with Gasteiger partial charge in [-0.2, -0.15) is 0 Å². The second kappa shape index (κ2) is 6.47. The van der Waals surface area contributed by atoms with Crippen molar-refractivity contribution < 1.29 is 13.8 Å². The molecule has 0 unspecified atom stereocenters. The third-order valence-corrected chi connectivity index (χ3v) is 5.02. The van der Waals surface area contributed by atoms with Crippen LogP contribution in [0.3, 0.4) is 0 Å². The van der Waals surface area contributed by atoms with Crippen molar-refractivity contribution in [1.29, 1.82) is 0 Å². The van der Waals surface area contributed by atoms with E-state index in [1.165, 1.54) is 11.8 Å². The molecule has 2 aromatic carbocycles. The molecule has 2 aromatic rings. The topological polar surface area (TPSA) is 75.3 Å². The van der Waals surface area contributed by atoms with E-state index < -0.39 is 0 Å². The first-order chi connectivity index (χ1) is 11.1. The minimum atomic E-state index is -0.270. The van der Waals surface area contributed by atoms with Gasteiger partial charge in [0.2, 0.25) is 5.91 Å². The summed E-state index contributed by atoms with van der Waals surface area (Å²) in [6.45, 7) is 1.84. The number of hydrogen-bond donors (Lipinski definition) is 2. The highest BCUT2D eigenvalue weighted by Gasteiger charge is 2.23. The molecule has 1 aliphatic heterocycles. The molecule has 0 saturated heterocycles. The number of anilines is 2. The molecule has 2 amide bonds. The van der Waals surface area contributed by atoms with Gasteiger partial charge in [-0.3, -0.25) is 9.59 Å². The summed E-state index contributed by atoms with van der Waals surface area (Å²) in [4.78, 5) is 25.6. The molecule has 0 fully saturated rings. The fourth-order valence-corrected chi connectivity index (χ4v) is 3.32. The van der Waals surface area contributed by atoms with Crippen LogP contribution in [0.5, 0.6) is 0 Å². The third-order valence-electron chi connectivity index (χ3n) is 3.38. The number of hydrogen-bond acceptors (Lipinski definition) is 4. The molecule has 0 aliphatic carbocycles. The molecule has 0 bridgehead atoms. The van der Waals surface area contributed by atoms with Crippen molar-refractivity contribution in [3.05, 3.63) is 48.0 Å². The average molecular weight is 345 g/mol. The lowest BCUT2D eigenvalue weighted by Gasteiger charge is -2.21. The minimum Gasteiger partial charge on any atom is -0.324 e. The second-order valence-electron chi connectivity index (χ2n) is 5.02. The molecule has 0 saturated carbocycles. The predicted octanol–water partition coefficient (Wildman–Crippen LogP) is 3.16. The monoisotopic (exact) mass is 345 g/mol. The minimum absolute atomic E-state index is 0.0641. The van der Waals surface area contributed by atoms with Crippen molar-refractivity contribution in [1.82, 2.24) is 0 Å². The highest BCUT2D eigenvalue weighted by Crippen LogP contribution is 2.36. The lowest BCUT2D eigenvalue weighted by molar-refractivity contribution is -0.115. The molecular weight excluding hydrogens is 332 g/mol. The highest BCUT2D eigenvalue weighted by molar-refractivity contribution is 8.00. The Hall–Kier alpha value is -2.25. The zero-order valence-electron chi connectivity index (χ0n) is 12.2. The van der Waals surface area contributed by atoms with Crippen LogP contribution >= 0.6 is 11.8 Å². The van der Waals surface area contributed by atoms with Gasteiger partial charge in [-0.1, -0.05) is 0 Å². The third kappa shape index (κ3) is 3.40. The van der Waals surface area contributed by atoms with Gasteiger partial charge in [0.15, 0.2) is 0 Å². The maximum Gasteiger partial charge on any atom is 0.505 e. The van der Waals surface area contributed by atoms with E-state index in [2.05, 4.69) is 10.6 Å². The van der Waals surface area contributed by atoms with Crippen LogP contribution in [0.25, 0.3) is 0 Å². The van der Waals surface area contributed by atoms with E-state index >= 15 is 0 Å². The van der Waals surface area contributed by atoms with E-state index in [9.17, 15) is 13.8 Å². The Morgan fingerprint density at radius 1 is 1.22 bits per heavy atom. The Kier molecular flexibility index (Phi) is 4.40. The fourth-order valence-electron chi connectivity index (χ4n) is 2.15. The summed E-state index contributed by atoms with van der Waals surface area (Å²) in [6.07, 6.45) is 0. The Bertz CT molecular complexity index is 790. The molecule has 0 radical (unpaired) electrons. The van der Waals surface area contributed by atoms with Crippen LogP contribution in [0, 0.1) is 0 Å². The Morgan fingerprint density at radius 2 is 1.96 bits per heavy atom. The molecule has 1 atom stereocenters. The maximum absolute atomic E-state index is 12.3. The predicted molar refractivity (Wildman–Crippen MR) is 91.1 cm³/mol. The molecule has 1 heterocycles. The average Bonchev–Trinajstić information content (AvgIpc) is 2.56. The molecule has 2 N–H and O–H groups in total. The number of thioether (sulfide) groups is 1. The number of nitrogens with one attached hydrogen (secondary N) is 2. The second-order valence-corrected chi connectivity index (χ2v) is 7.04. The zero-order chi connectivity index (χ0) is 16.4. The van der Waals surface area contributed by atoms with Gasteiger partial charge in [-0.05, 0) is 37.3 Å². The van der Waals surface area contributed by atoms with E-state index in [0.29, 0.717) is 33.5 Å². The van der Waals surface area contributed by atoms with Crippen LogP contribution < -0.4 is 10.6 Å². The smallest absolute Gasteiger partial charge is 0.324 e. The number of benzene rings is 2. The first kappa shape index (κ1) is 15.6. The maximum atomic E-state index is 12.3. The molecule has 0 aromatic heterocycles. The molecule has 7 heteroatoms. The molecular formula is C16H13N2O3S2+. The van der Waals surface area contributed by atoms with Crippen LogP contribution in [0.1, 0.15) is 17.3 Å². The quantitative estimate of drug-likeness (QED) is 0.838. The lowest BCUT2D eigenvalue weighted by atomic mass is 10.1. The van der Waals surface area contributed by atoms with Gasteiger partial charge in [-0.15, -0.1) is 11.8 Å². The summed E-state index contributed by atoms with van der Waals surface area (Å²) in [6, 6.07) is 11.9. The zero-order valence-corrected chi connectivity index (χ0v) is 13.8. The molecule has 116 valence electrons. The van der Waals surface area contributed by atoms with Gasteiger partial charge in [0, 0.05) is 32.5 Å². The molecule has 3 rings (SSSR count). The number of carbonyl (C=O) groups is 2. The van der Waals surface area contributed by atoms with Crippen molar-refractivity contribution in [2.45, 2.75) is 22.0 Å². The van der Waals surface area contributed by atoms with Crippen LogP contribution in [-0.4, -0.2) is 17.1 Å². The molecule has 23 heavy (non-hydrogen) atoms. The van der Waals surface area contributed by atoms with Crippen molar-refractivity contribution in [2.24, 2.45) is 0 Å². The number of rotatable bonds is 3. The summed E-state index contributed by atoms with van der Waals surface area (Å²) in [7, 11) is 0. The SMILES string of the molecule is C[C@H]1Sc2ccc(C(=O)Nc3ccc([S+]=O)cc3)cc2NC1=O. The Balaban J connectivity index is 1.78. The fraction of sp³-hybridized carbons (Fsp3) is 0.125. The molecule has 0 spiro atoms. The van der Waals surface area contributed by atoms with Crippen molar-refractivity contribution in [3.63, 3.8) is 0 Å². The normalized spacial score (nSPS) is 16.2. The molecule has 1 aliphatic rings. The summed E-state index contributed by atoms with van der Waals surface area (Å²) in [5.74, 6) is -0.334. The van der Waals surface area contributed by atoms with Crippen molar-refractivity contribution in [2.75, 3.05) is 10.6 Å². The van der Waals surface area contributed by atoms with Gasteiger partial charge >= 0.3 is 11.7 Å². The number of amides is 2. The lowest BCUT2D eigenvalue weighted by Crippen LogP contribution is -2.26. The van der Waals surface area contributed by atoms with Crippen molar-refractivity contribution >= 4 is 46.6 Å². The van der Waals surface area contributed by atoms with E-state index in [1.54, 1.807) is 36.4 Å². The van der Waals surface area contributed by atoms with Gasteiger partial charge < -0.3 is 10.6 Å². The Morgan fingerprint density at radius 3 is 2.65 bits per heavy atom. The Labute approximate surface area is 141 Å². The molecule has 5 nitrogen and oxygen atoms in total. The van der Waals surface area contributed by atoms with Gasteiger partial charge in [0.25, 0.3) is 10.8 Å². The number of carbonyl (C=O) groups excluding carboxylic acids is 2. The summed E-state index contributed by atoms with van der Waals surface area (Å²) in [5, 5.41) is 5.43. The van der Waals surface area contributed by atoms with Gasteiger partial charge in [0.1, 0.15) is 0 Å². The van der Waals surface area contributed by atoms with Gasteiger partial charge in [0.05, 0.1) is 10.9 Å². The first-order valence-electron chi connectivity index (χ1n) is 6.89. The summed E-state index contributed by atoms with van der Waals surface area (Å²) in [5.41, 5.74) is 1.72. The van der Waals surface area contributed by atoms with Gasteiger partial charge in [-0.25, -0.2) is 0 Å². The number of fused-ring (bicyclic) bond motifs is 1. The van der Waals surface area contributed by atoms with E-state index in [0.717, 1.165) is 4.90 Å². The summed E-state index contributed by atoms with van der Waals surface area (Å²) >= 11 is 1.88. The van der Waals surface area contributed by atoms with E-state index in [1.807, 2.05) is 13.0 Å². The highest BCUT2D eigenvalue weighted by atomic mass is 32.2. The van der Waals surface area contributed by atoms with Crippen molar-refractivity contribution in [3.8, 4) is 0 Å². The van der Waals surface area contributed by atoms with Crippen LogP contribution in [0.2, 0.25) is 0 Å². The van der Waals surface area contributed by atoms with Crippen LogP contribution in [-0.2, 0) is 20.7 Å². The van der Waals surface area contributed by atoms with E-state index in [4.69, 9.17) is 0 Å². The largest absolute Gasteiger partial charge is 0.505 e. The van der Waals surface area contributed by atoms with Crippen LogP contribution in [0.4, 0.5) is 11.4 Å². The standard InChI is InChI=1S/C16H12N2O3S2/c1-9-15(19)18-13-8-10(2-7-14(13)22-9)16(20)17-11-3-5-12(23-21)6-4-11/h2-9H,1H3,(H-,17,18,19,20,21)/p+1/t9-/m1/s1. The first-order valence-corrected chi connectivity index (χ1v) is 8.52. The summed E-state index contributed by atoms with van der Waals surface area (Å²) < 4.78 is 10.7. The van der Waals surface area contributed by atoms with E-state index in [-0.39, 0.29) is 17.1 Å².